The van der Waals surface area contributed by atoms with Crippen LogP contribution in [0.3, 0.4) is 0 Å². The fourth-order valence-corrected chi connectivity index (χ4v) is 3.96. The summed E-state index contributed by atoms with van der Waals surface area (Å²) in [6.45, 7) is 4.72. The highest BCUT2D eigenvalue weighted by molar-refractivity contribution is 6.33. The van der Waals surface area contributed by atoms with Crippen LogP contribution in [0, 0.1) is 13.8 Å². The van der Waals surface area contributed by atoms with Gasteiger partial charge in [-0.05, 0) is 55.5 Å². The van der Waals surface area contributed by atoms with Crippen molar-refractivity contribution in [1.82, 2.24) is 9.88 Å². The minimum atomic E-state index is -0.623. The van der Waals surface area contributed by atoms with Gasteiger partial charge in [0, 0.05) is 18.5 Å². The normalized spacial score (nSPS) is 22.0. The maximum absolute atomic E-state index is 13.2. The monoisotopic (exact) mass is 402 g/mol. The molecule has 0 saturated carbocycles. The van der Waals surface area contributed by atoms with Gasteiger partial charge in [0.15, 0.2) is 12.5 Å². The number of rotatable bonds is 3. The van der Waals surface area contributed by atoms with Gasteiger partial charge in [0.05, 0.1) is 29.3 Å². The molecule has 2 aliphatic heterocycles. The van der Waals surface area contributed by atoms with E-state index in [1.54, 1.807) is 0 Å². The number of pyridine rings is 1. The number of aryl methyl sites for hydroxylation is 1. The summed E-state index contributed by atoms with van der Waals surface area (Å²) in [4.78, 5) is 19.1. The molecule has 2 aliphatic rings. The molecule has 0 radical (unpaired) electrons. The molecule has 2 aromatic rings. The molecular formula is C21H23ClN2O4. The smallest absolute Gasteiger partial charge is 0.260 e. The van der Waals surface area contributed by atoms with E-state index in [9.17, 15) is 9.90 Å². The van der Waals surface area contributed by atoms with Crippen molar-refractivity contribution in [3.05, 3.63) is 57.4 Å². The second-order valence-electron chi connectivity index (χ2n) is 7.38. The zero-order valence-electron chi connectivity index (χ0n) is 15.9. The van der Waals surface area contributed by atoms with Crippen LogP contribution >= 0.6 is 11.6 Å². The molecule has 0 unspecified atom stereocenters. The van der Waals surface area contributed by atoms with Crippen LogP contribution in [0.5, 0.6) is 5.75 Å². The molecule has 1 amide bonds. The van der Waals surface area contributed by atoms with Crippen molar-refractivity contribution in [1.29, 1.82) is 0 Å². The van der Waals surface area contributed by atoms with E-state index >= 15 is 0 Å². The number of aliphatic hydroxyl groups excluding tert-OH is 1. The Bertz CT molecular complexity index is 900. The molecule has 4 rings (SSSR count). The van der Waals surface area contributed by atoms with Crippen molar-refractivity contribution in [2.75, 3.05) is 19.9 Å². The lowest BCUT2D eigenvalue weighted by Gasteiger charge is -2.39. The fraction of sp³-hybridized carbons (Fsp3) is 0.429. The lowest BCUT2D eigenvalue weighted by Crippen LogP contribution is -2.54. The Hall–Kier alpha value is -2.15. The Morgan fingerprint density at radius 3 is 2.89 bits per heavy atom. The van der Waals surface area contributed by atoms with Gasteiger partial charge in [0.2, 0.25) is 0 Å². The van der Waals surface area contributed by atoms with Crippen LogP contribution < -0.4 is 4.74 Å². The second kappa shape index (κ2) is 7.70. The number of halogens is 1. The van der Waals surface area contributed by atoms with E-state index in [0.29, 0.717) is 42.4 Å². The van der Waals surface area contributed by atoms with Crippen molar-refractivity contribution in [3.8, 4) is 5.75 Å². The van der Waals surface area contributed by atoms with Crippen LogP contribution in [-0.4, -0.2) is 53.0 Å². The van der Waals surface area contributed by atoms with E-state index in [2.05, 4.69) is 4.98 Å². The molecule has 6 nitrogen and oxygen atoms in total. The number of aromatic nitrogens is 1. The maximum atomic E-state index is 13.2. The molecule has 1 aromatic carbocycles. The van der Waals surface area contributed by atoms with Crippen LogP contribution in [-0.2, 0) is 11.2 Å². The highest BCUT2D eigenvalue weighted by atomic mass is 35.5. The molecule has 1 fully saturated rings. The van der Waals surface area contributed by atoms with Gasteiger partial charge >= 0.3 is 0 Å². The Morgan fingerprint density at radius 2 is 2.18 bits per heavy atom. The minimum absolute atomic E-state index is 0.0529. The lowest BCUT2D eigenvalue weighted by molar-refractivity contribution is -0.0696. The first kappa shape index (κ1) is 19.2. The zero-order chi connectivity index (χ0) is 19.8. The van der Waals surface area contributed by atoms with Gasteiger partial charge in [0.25, 0.3) is 5.91 Å². The molecule has 1 saturated heterocycles. The summed E-state index contributed by atoms with van der Waals surface area (Å²) in [5, 5.41) is 10.8. The molecule has 7 heteroatoms. The van der Waals surface area contributed by atoms with Crippen molar-refractivity contribution in [2.45, 2.75) is 38.8 Å². The molecular weight excluding hydrogens is 380 g/mol. The Labute approximate surface area is 169 Å². The quantitative estimate of drug-likeness (QED) is 0.854. The summed E-state index contributed by atoms with van der Waals surface area (Å²) in [6, 6.07) is 5.42. The van der Waals surface area contributed by atoms with Gasteiger partial charge in [-0.15, -0.1) is 0 Å². The van der Waals surface area contributed by atoms with Crippen LogP contribution in [0.15, 0.2) is 24.4 Å². The molecule has 0 bridgehead atoms. The topological polar surface area (TPSA) is 71.9 Å². The first-order valence-corrected chi connectivity index (χ1v) is 9.76. The second-order valence-corrected chi connectivity index (χ2v) is 7.76. The number of ether oxygens (including phenoxy) is 2. The average Bonchev–Trinajstić information content (AvgIpc) is 2.69. The van der Waals surface area contributed by atoms with Crippen molar-refractivity contribution in [3.63, 3.8) is 0 Å². The summed E-state index contributed by atoms with van der Waals surface area (Å²) in [5.74, 6) is 0.221. The molecule has 28 heavy (non-hydrogen) atoms. The van der Waals surface area contributed by atoms with Gasteiger partial charge in [0.1, 0.15) is 0 Å². The molecule has 3 heterocycles. The summed E-state index contributed by atoms with van der Waals surface area (Å²) in [5.41, 5.74) is 4.27. The molecule has 1 N–H and O–H groups in total. The standard InChI is InChI=1S/C21H23ClN2O4/c1-12-3-4-14(9-23-12)7-15-8-16-20(19(22)13(15)2)28-11-24(21(16)26)17-10-27-6-5-18(17)25/h3-4,8-9,17-18,25H,5-7,10-11H2,1-2H3/t17-,18-/m0/s1. The van der Waals surface area contributed by atoms with Crippen molar-refractivity contribution in [2.24, 2.45) is 0 Å². The largest absolute Gasteiger partial charge is 0.471 e. The third kappa shape index (κ3) is 3.48. The molecule has 1 aromatic heterocycles. The molecule has 148 valence electrons. The lowest BCUT2D eigenvalue weighted by atomic mass is 9.96. The zero-order valence-corrected chi connectivity index (χ0v) is 16.7. The molecule has 2 atom stereocenters. The van der Waals surface area contributed by atoms with Crippen LogP contribution in [0.25, 0.3) is 0 Å². The van der Waals surface area contributed by atoms with Gasteiger partial charge in [-0.3, -0.25) is 14.7 Å². The first-order valence-electron chi connectivity index (χ1n) is 9.38. The van der Waals surface area contributed by atoms with Crippen molar-refractivity contribution < 1.29 is 19.4 Å². The summed E-state index contributed by atoms with van der Waals surface area (Å²) in [6.07, 6.45) is 2.33. The number of carbonyl (C=O) groups is 1. The average molecular weight is 403 g/mol. The Balaban J connectivity index is 1.67. The number of amides is 1. The number of aliphatic hydroxyl groups is 1. The summed E-state index contributed by atoms with van der Waals surface area (Å²) in [7, 11) is 0. The number of hydrogen-bond acceptors (Lipinski definition) is 5. The minimum Gasteiger partial charge on any atom is -0.471 e. The Kier molecular flexibility index (Phi) is 5.27. The van der Waals surface area contributed by atoms with E-state index in [1.165, 1.54) is 4.90 Å². The van der Waals surface area contributed by atoms with E-state index in [4.69, 9.17) is 21.1 Å². The third-order valence-electron chi connectivity index (χ3n) is 5.47. The predicted molar refractivity (Wildman–Crippen MR) is 105 cm³/mol. The predicted octanol–water partition coefficient (Wildman–Crippen LogP) is 2.88. The van der Waals surface area contributed by atoms with Crippen molar-refractivity contribution >= 4 is 17.5 Å². The van der Waals surface area contributed by atoms with Gasteiger partial charge in [-0.25, -0.2) is 0 Å². The van der Waals surface area contributed by atoms with Gasteiger partial charge in [-0.2, -0.15) is 0 Å². The van der Waals surface area contributed by atoms with Crippen LogP contribution in [0.1, 0.15) is 39.2 Å². The fourth-order valence-electron chi connectivity index (χ4n) is 3.69. The maximum Gasteiger partial charge on any atom is 0.260 e. The van der Waals surface area contributed by atoms with Crippen LogP contribution in [0.4, 0.5) is 0 Å². The number of nitrogens with zero attached hydrogens (tertiary/aromatic N) is 2. The molecule has 0 spiro atoms. The number of fused-ring (bicyclic) bond motifs is 1. The van der Waals surface area contributed by atoms with Crippen LogP contribution in [0.2, 0.25) is 5.02 Å². The SMILES string of the molecule is Cc1ccc(Cc2cc3c(c(Cl)c2C)OCN([C@H]2COCC[C@@H]2O)C3=O)cn1. The number of hydrogen-bond donors (Lipinski definition) is 1. The summed E-state index contributed by atoms with van der Waals surface area (Å²) < 4.78 is 11.3. The van der Waals surface area contributed by atoms with E-state index in [1.807, 2.05) is 38.2 Å². The summed E-state index contributed by atoms with van der Waals surface area (Å²) >= 11 is 6.55. The molecule has 0 aliphatic carbocycles. The van der Waals surface area contributed by atoms with Gasteiger partial charge in [-0.1, -0.05) is 17.7 Å². The third-order valence-corrected chi connectivity index (χ3v) is 5.93. The Morgan fingerprint density at radius 1 is 1.36 bits per heavy atom. The number of benzene rings is 1. The van der Waals surface area contributed by atoms with E-state index in [-0.39, 0.29) is 12.6 Å². The van der Waals surface area contributed by atoms with Gasteiger partial charge < -0.3 is 14.6 Å². The van der Waals surface area contributed by atoms with E-state index < -0.39 is 12.1 Å². The highest BCUT2D eigenvalue weighted by Crippen LogP contribution is 2.38. The number of carbonyl (C=O) groups excluding carboxylic acids is 1. The highest BCUT2D eigenvalue weighted by Gasteiger charge is 2.38. The van der Waals surface area contributed by atoms with E-state index in [0.717, 1.165) is 22.4 Å². The first-order chi connectivity index (χ1) is 13.5.